The Morgan fingerprint density at radius 3 is 2.44 bits per heavy atom. The minimum absolute atomic E-state index is 0.00846. The summed E-state index contributed by atoms with van der Waals surface area (Å²) in [5.41, 5.74) is 1.66. The molecule has 0 fully saturated rings. The second-order valence-electron chi connectivity index (χ2n) is 6.81. The van der Waals surface area contributed by atoms with E-state index in [2.05, 4.69) is 10.6 Å². The van der Waals surface area contributed by atoms with Gasteiger partial charge in [0.05, 0.1) is 31.4 Å². The topological polar surface area (TPSA) is 85.9 Å². The fourth-order valence-electron chi connectivity index (χ4n) is 2.94. The molecule has 0 radical (unpaired) electrons. The summed E-state index contributed by atoms with van der Waals surface area (Å²) in [6, 6.07) is 4.36. The van der Waals surface area contributed by atoms with Crippen LogP contribution in [-0.2, 0) is 9.53 Å². The van der Waals surface area contributed by atoms with Gasteiger partial charge in [-0.1, -0.05) is 19.9 Å². The molecule has 1 heterocycles. The number of ether oxygens (including phenoxy) is 3. The normalized spacial score (nSPS) is 16.9. The zero-order chi connectivity index (χ0) is 20.1. The molecule has 1 atom stereocenters. The maximum absolute atomic E-state index is 12.6. The molecule has 0 bridgehead atoms. The van der Waals surface area contributed by atoms with Crippen LogP contribution in [0.1, 0.15) is 46.2 Å². The van der Waals surface area contributed by atoms with E-state index in [1.807, 2.05) is 33.8 Å². The fourth-order valence-corrected chi connectivity index (χ4v) is 2.94. The summed E-state index contributed by atoms with van der Waals surface area (Å²) in [7, 11) is 1.55. The van der Waals surface area contributed by atoms with Crippen molar-refractivity contribution in [2.45, 2.75) is 46.8 Å². The minimum Gasteiger partial charge on any atom is -0.493 e. The smallest absolute Gasteiger partial charge is 0.338 e. The van der Waals surface area contributed by atoms with E-state index in [9.17, 15) is 9.59 Å². The maximum atomic E-state index is 12.6. The number of methoxy groups -OCH3 is 1. The number of benzene rings is 1. The molecule has 1 aliphatic rings. The highest BCUT2D eigenvalue weighted by molar-refractivity contribution is 5.95. The number of rotatable bonds is 7. The van der Waals surface area contributed by atoms with Crippen molar-refractivity contribution >= 4 is 12.0 Å². The van der Waals surface area contributed by atoms with Gasteiger partial charge in [-0.3, -0.25) is 0 Å². The van der Waals surface area contributed by atoms with Gasteiger partial charge in [-0.15, -0.1) is 0 Å². The number of amides is 2. The molecule has 2 amide bonds. The van der Waals surface area contributed by atoms with E-state index < -0.39 is 12.0 Å². The Labute approximate surface area is 160 Å². The van der Waals surface area contributed by atoms with Gasteiger partial charge in [-0.05, 0) is 44.4 Å². The predicted octanol–water partition coefficient (Wildman–Crippen LogP) is 3.31. The number of urea groups is 1. The van der Waals surface area contributed by atoms with E-state index in [1.165, 1.54) is 0 Å². The molecule has 0 aromatic heterocycles. The number of carbonyl (C=O) groups excluding carboxylic acids is 2. The summed E-state index contributed by atoms with van der Waals surface area (Å²) in [5.74, 6) is 0.620. The van der Waals surface area contributed by atoms with Crippen LogP contribution in [0.3, 0.4) is 0 Å². The average molecular weight is 376 g/mol. The van der Waals surface area contributed by atoms with Gasteiger partial charge >= 0.3 is 12.0 Å². The van der Waals surface area contributed by atoms with Crippen LogP contribution < -0.4 is 20.1 Å². The summed E-state index contributed by atoms with van der Waals surface area (Å²) >= 11 is 0. The van der Waals surface area contributed by atoms with Gasteiger partial charge in [0.25, 0.3) is 0 Å². The van der Waals surface area contributed by atoms with Gasteiger partial charge in [0.2, 0.25) is 0 Å². The molecule has 1 aromatic rings. The average Bonchev–Trinajstić information content (AvgIpc) is 2.60. The molecule has 27 heavy (non-hydrogen) atoms. The molecule has 0 saturated carbocycles. The largest absolute Gasteiger partial charge is 0.493 e. The minimum atomic E-state index is -0.641. The van der Waals surface area contributed by atoms with Crippen LogP contribution in [0.25, 0.3) is 0 Å². The van der Waals surface area contributed by atoms with Gasteiger partial charge in [0.15, 0.2) is 11.5 Å². The van der Waals surface area contributed by atoms with Crippen LogP contribution in [0.15, 0.2) is 29.5 Å². The Morgan fingerprint density at radius 1 is 1.19 bits per heavy atom. The van der Waals surface area contributed by atoms with E-state index in [4.69, 9.17) is 14.2 Å². The van der Waals surface area contributed by atoms with Crippen molar-refractivity contribution < 1.29 is 23.8 Å². The van der Waals surface area contributed by atoms with E-state index >= 15 is 0 Å². The van der Waals surface area contributed by atoms with Gasteiger partial charge in [-0.2, -0.15) is 0 Å². The first-order valence-electron chi connectivity index (χ1n) is 9.11. The van der Waals surface area contributed by atoms with Gasteiger partial charge in [0.1, 0.15) is 0 Å². The van der Waals surface area contributed by atoms with Crippen molar-refractivity contribution in [1.82, 2.24) is 10.6 Å². The van der Waals surface area contributed by atoms with Crippen molar-refractivity contribution in [2.24, 2.45) is 5.92 Å². The van der Waals surface area contributed by atoms with E-state index in [0.717, 1.165) is 0 Å². The number of nitrogens with one attached hydrogen (secondary N) is 2. The molecule has 2 N–H and O–H groups in total. The number of esters is 1. The molecule has 0 saturated heterocycles. The van der Waals surface area contributed by atoms with Crippen LogP contribution in [0.4, 0.5) is 4.79 Å². The summed E-state index contributed by atoms with van der Waals surface area (Å²) in [4.78, 5) is 24.8. The zero-order valence-electron chi connectivity index (χ0n) is 16.7. The quantitative estimate of drug-likeness (QED) is 0.713. The Morgan fingerprint density at radius 2 is 1.89 bits per heavy atom. The van der Waals surface area contributed by atoms with E-state index in [0.29, 0.717) is 28.3 Å². The van der Waals surface area contributed by atoms with Crippen LogP contribution >= 0.6 is 0 Å². The molecule has 1 aromatic carbocycles. The highest BCUT2D eigenvalue weighted by Gasteiger charge is 2.35. The molecular weight excluding hydrogens is 348 g/mol. The van der Waals surface area contributed by atoms with Crippen molar-refractivity contribution in [1.29, 1.82) is 0 Å². The van der Waals surface area contributed by atoms with Crippen molar-refractivity contribution in [3.63, 3.8) is 0 Å². The van der Waals surface area contributed by atoms with Crippen molar-refractivity contribution in [2.75, 3.05) is 13.7 Å². The number of hydrogen-bond donors (Lipinski definition) is 2. The second kappa shape index (κ2) is 8.79. The second-order valence-corrected chi connectivity index (χ2v) is 6.81. The SMILES string of the molecule is CCOC(=O)C1=C(C(C)C)NC(=O)NC1c1ccc(OC(C)C)c(OC)c1. The third-order valence-electron chi connectivity index (χ3n) is 4.06. The summed E-state index contributed by atoms with van der Waals surface area (Å²) in [6.07, 6.45) is -0.00846. The van der Waals surface area contributed by atoms with Crippen molar-refractivity contribution in [3.8, 4) is 11.5 Å². The monoisotopic (exact) mass is 376 g/mol. The number of carbonyl (C=O) groups is 2. The van der Waals surface area contributed by atoms with Crippen LogP contribution in [0.5, 0.6) is 11.5 Å². The predicted molar refractivity (Wildman–Crippen MR) is 102 cm³/mol. The van der Waals surface area contributed by atoms with Crippen molar-refractivity contribution in [3.05, 3.63) is 35.0 Å². The molecule has 7 nitrogen and oxygen atoms in total. The Balaban J connectivity index is 2.54. The first kappa shape index (κ1) is 20.6. The highest BCUT2D eigenvalue weighted by Crippen LogP contribution is 2.36. The van der Waals surface area contributed by atoms with Crippen LogP contribution in [-0.4, -0.2) is 31.8 Å². The molecule has 0 aliphatic carbocycles. The van der Waals surface area contributed by atoms with Gasteiger partial charge in [0, 0.05) is 5.70 Å². The number of hydrogen-bond acceptors (Lipinski definition) is 5. The first-order valence-corrected chi connectivity index (χ1v) is 9.11. The van der Waals surface area contributed by atoms with Crippen LogP contribution in [0, 0.1) is 5.92 Å². The van der Waals surface area contributed by atoms with Gasteiger partial charge in [-0.25, -0.2) is 9.59 Å². The third-order valence-corrected chi connectivity index (χ3v) is 4.06. The lowest BCUT2D eigenvalue weighted by atomic mass is 9.91. The summed E-state index contributed by atoms with van der Waals surface area (Å²) < 4.78 is 16.4. The highest BCUT2D eigenvalue weighted by atomic mass is 16.5. The van der Waals surface area contributed by atoms with E-state index in [-0.39, 0.29) is 24.7 Å². The summed E-state index contributed by atoms with van der Waals surface area (Å²) in [6.45, 7) is 9.68. The van der Waals surface area contributed by atoms with E-state index in [1.54, 1.807) is 26.2 Å². The Kier molecular flexibility index (Phi) is 6.71. The van der Waals surface area contributed by atoms with Crippen LogP contribution in [0.2, 0.25) is 0 Å². The molecule has 7 heteroatoms. The molecule has 1 unspecified atom stereocenters. The molecule has 148 valence electrons. The molecule has 0 spiro atoms. The number of allylic oxidation sites excluding steroid dienone is 1. The zero-order valence-corrected chi connectivity index (χ0v) is 16.7. The lowest BCUT2D eigenvalue weighted by molar-refractivity contribution is -0.139. The maximum Gasteiger partial charge on any atom is 0.338 e. The summed E-state index contributed by atoms with van der Waals surface area (Å²) in [5, 5.41) is 5.56. The lowest BCUT2D eigenvalue weighted by Crippen LogP contribution is -2.47. The molecular formula is C20H28N2O5. The van der Waals surface area contributed by atoms with Gasteiger partial charge < -0.3 is 24.8 Å². The Bertz CT molecular complexity index is 740. The fraction of sp³-hybridized carbons (Fsp3) is 0.500. The first-order chi connectivity index (χ1) is 12.8. The standard InChI is InChI=1S/C20H28N2O5/c1-7-26-19(23)16-17(11(2)3)21-20(24)22-18(16)13-8-9-14(27-12(4)5)15(10-13)25-6/h8-12,18H,7H2,1-6H3,(H2,21,22,24). The Hall–Kier alpha value is -2.70. The third kappa shape index (κ3) is 4.72. The molecule has 2 rings (SSSR count). The molecule has 1 aliphatic heterocycles. The lowest BCUT2D eigenvalue weighted by Gasteiger charge is -2.31.